The van der Waals surface area contributed by atoms with Gasteiger partial charge in [0.05, 0.1) is 11.6 Å². The van der Waals surface area contributed by atoms with Gasteiger partial charge in [-0.15, -0.1) is 0 Å². The van der Waals surface area contributed by atoms with Gasteiger partial charge in [0.25, 0.3) is 0 Å². The predicted octanol–water partition coefficient (Wildman–Crippen LogP) is 1.37. The molecule has 0 unspecified atom stereocenters. The molecule has 2 N–H and O–H groups in total. The molecule has 1 heterocycles. The van der Waals surface area contributed by atoms with E-state index in [-0.39, 0.29) is 5.41 Å². The highest BCUT2D eigenvalue weighted by Crippen LogP contribution is 2.18. The molecule has 0 saturated heterocycles. The van der Waals surface area contributed by atoms with Gasteiger partial charge in [0.1, 0.15) is 5.82 Å². The molecule has 0 spiro atoms. The highest BCUT2D eigenvalue weighted by molar-refractivity contribution is 5.44. The van der Waals surface area contributed by atoms with Crippen LogP contribution in [0.15, 0.2) is 18.3 Å². The van der Waals surface area contributed by atoms with Crippen molar-refractivity contribution in [2.24, 2.45) is 11.1 Å². The minimum Gasteiger partial charge on any atom is -0.359 e. The van der Waals surface area contributed by atoms with E-state index < -0.39 is 0 Å². The zero-order valence-electron chi connectivity index (χ0n) is 10.1. The molecule has 0 bridgehead atoms. The van der Waals surface area contributed by atoms with E-state index in [0.717, 1.165) is 12.4 Å². The molecule has 1 rings (SSSR count). The van der Waals surface area contributed by atoms with Gasteiger partial charge in [-0.25, -0.2) is 4.98 Å². The molecule has 16 heavy (non-hydrogen) atoms. The van der Waals surface area contributed by atoms with Crippen molar-refractivity contribution < 1.29 is 0 Å². The van der Waals surface area contributed by atoms with E-state index in [1.165, 1.54) is 0 Å². The van der Waals surface area contributed by atoms with E-state index in [0.29, 0.717) is 12.1 Å². The molecule has 0 aromatic carbocycles. The van der Waals surface area contributed by atoms with Gasteiger partial charge in [-0.1, -0.05) is 13.8 Å². The highest BCUT2D eigenvalue weighted by Gasteiger charge is 2.18. The van der Waals surface area contributed by atoms with Gasteiger partial charge in [-0.2, -0.15) is 5.26 Å². The van der Waals surface area contributed by atoms with Crippen LogP contribution in [0.5, 0.6) is 0 Å². The summed E-state index contributed by atoms with van der Waals surface area (Å²) in [6.07, 6.45) is 1.65. The van der Waals surface area contributed by atoms with Gasteiger partial charge in [0.2, 0.25) is 0 Å². The Hall–Kier alpha value is -1.60. The molecule has 0 radical (unpaired) electrons. The molecule has 0 amide bonds. The molecule has 1 aromatic rings. The number of hydrogen-bond acceptors (Lipinski definition) is 4. The van der Waals surface area contributed by atoms with Gasteiger partial charge in [-0.05, 0) is 24.1 Å². The second-order valence-electron chi connectivity index (χ2n) is 4.74. The molecule has 0 aliphatic carbocycles. The van der Waals surface area contributed by atoms with Gasteiger partial charge in [0, 0.05) is 19.8 Å². The van der Waals surface area contributed by atoms with Crippen LogP contribution in [0.3, 0.4) is 0 Å². The van der Waals surface area contributed by atoms with Gasteiger partial charge in [-0.3, -0.25) is 0 Å². The average molecular weight is 218 g/mol. The molecule has 0 saturated carbocycles. The lowest BCUT2D eigenvalue weighted by Crippen LogP contribution is -2.37. The maximum Gasteiger partial charge on any atom is 0.129 e. The van der Waals surface area contributed by atoms with Crippen molar-refractivity contribution in [3.8, 4) is 6.07 Å². The molecular weight excluding hydrogens is 200 g/mol. The lowest BCUT2D eigenvalue weighted by Gasteiger charge is -2.29. The molecule has 86 valence electrons. The standard InChI is InChI=1S/C12H18N4/c1-12(2,8-14)9-16(3)11-6-10(7-13)4-5-15-11/h4-6H,8-9,14H2,1-3H3. The molecular formula is C12H18N4. The fourth-order valence-corrected chi connectivity index (χ4v) is 1.48. The number of nitriles is 1. The summed E-state index contributed by atoms with van der Waals surface area (Å²) < 4.78 is 0. The van der Waals surface area contributed by atoms with Crippen LogP contribution >= 0.6 is 0 Å². The van der Waals surface area contributed by atoms with Gasteiger partial charge in [0.15, 0.2) is 0 Å². The van der Waals surface area contributed by atoms with Crippen molar-refractivity contribution in [3.05, 3.63) is 23.9 Å². The summed E-state index contributed by atoms with van der Waals surface area (Å²) in [5.74, 6) is 0.806. The zero-order valence-corrected chi connectivity index (χ0v) is 10.1. The Balaban J connectivity index is 2.81. The Kier molecular flexibility index (Phi) is 3.86. The Morgan fingerprint density at radius 1 is 1.56 bits per heavy atom. The van der Waals surface area contributed by atoms with Gasteiger partial charge >= 0.3 is 0 Å². The summed E-state index contributed by atoms with van der Waals surface area (Å²) in [4.78, 5) is 6.26. The fraction of sp³-hybridized carbons (Fsp3) is 0.500. The second-order valence-corrected chi connectivity index (χ2v) is 4.74. The summed E-state index contributed by atoms with van der Waals surface area (Å²) in [6.45, 7) is 5.65. The molecule has 0 aliphatic rings. The minimum absolute atomic E-state index is 0.0408. The molecule has 4 heteroatoms. The Bertz CT molecular complexity index is 392. The van der Waals surface area contributed by atoms with Crippen LogP contribution in [0.4, 0.5) is 5.82 Å². The highest BCUT2D eigenvalue weighted by atomic mass is 15.2. The van der Waals surface area contributed by atoms with Crippen LogP contribution in [0, 0.1) is 16.7 Å². The molecule has 4 nitrogen and oxygen atoms in total. The summed E-state index contributed by atoms with van der Waals surface area (Å²) >= 11 is 0. The van der Waals surface area contributed by atoms with Crippen molar-refractivity contribution in [3.63, 3.8) is 0 Å². The predicted molar refractivity (Wildman–Crippen MR) is 65.1 cm³/mol. The maximum absolute atomic E-state index is 8.81. The first-order chi connectivity index (χ1) is 7.48. The third kappa shape index (κ3) is 3.21. The van der Waals surface area contributed by atoms with Crippen molar-refractivity contribution >= 4 is 5.82 Å². The number of hydrogen-bond donors (Lipinski definition) is 1. The van der Waals surface area contributed by atoms with E-state index in [1.54, 1.807) is 18.3 Å². The first-order valence-corrected chi connectivity index (χ1v) is 5.26. The molecule has 0 atom stereocenters. The van der Waals surface area contributed by atoms with Crippen LogP contribution in [-0.2, 0) is 0 Å². The minimum atomic E-state index is 0.0408. The Labute approximate surface area is 96.7 Å². The first kappa shape index (κ1) is 12.5. The molecule has 0 aliphatic heterocycles. The number of nitrogens with zero attached hydrogens (tertiary/aromatic N) is 3. The van der Waals surface area contributed by atoms with Crippen LogP contribution < -0.4 is 10.6 Å². The Morgan fingerprint density at radius 2 is 2.25 bits per heavy atom. The van der Waals surface area contributed by atoms with E-state index in [4.69, 9.17) is 11.0 Å². The monoisotopic (exact) mass is 218 g/mol. The first-order valence-electron chi connectivity index (χ1n) is 5.26. The summed E-state index contributed by atoms with van der Waals surface area (Å²) in [5.41, 5.74) is 6.36. The van der Waals surface area contributed by atoms with Crippen molar-refractivity contribution in [1.29, 1.82) is 5.26 Å². The largest absolute Gasteiger partial charge is 0.359 e. The topological polar surface area (TPSA) is 65.9 Å². The average Bonchev–Trinajstić information content (AvgIpc) is 2.28. The van der Waals surface area contributed by atoms with Crippen molar-refractivity contribution in [2.75, 3.05) is 25.0 Å². The van der Waals surface area contributed by atoms with Crippen molar-refractivity contribution in [1.82, 2.24) is 4.98 Å². The second kappa shape index (κ2) is 4.95. The third-order valence-electron chi connectivity index (χ3n) is 2.48. The fourth-order valence-electron chi connectivity index (χ4n) is 1.48. The zero-order chi connectivity index (χ0) is 12.2. The number of anilines is 1. The van der Waals surface area contributed by atoms with E-state index in [2.05, 4.69) is 24.9 Å². The van der Waals surface area contributed by atoms with Crippen LogP contribution in [0.2, 0.25) is 0 Å². The van der Waals surface area contributed by atoms with Crippen molar-refractivity contribution in [2.45, 2.75) is 13.8 Å². The maximum atomic E-state index is 8.81. The smallest absolute Gasteiger partial charge is 0.129 e. The van der Waals surface area contributed by atoms with E-state index in [1.807, 2.05) is 11.9 Å². The number of pyridine rings is 1. The normalized spacial score (nSPS) is 10.9. The van der Waals surface area contributed by atoms with Crippen LogP contribution in [0.1, 0.15) is 19.4 Å². The summed E-state index contributed by atoms with van der Waals surface area (Å²) in [6, 6.07) is 5.59. The SMILES string of the molecule is CN(CC(C)(C)CN)c1cc(C#N)ccn1. The third-order valence-corrected chi connectivity index (χ3v) is 2.48. The number of aromatic nitrogens is 1. The number of rotatable bonds is 4. The van der Waals surface area contributed by atoms with Crippen LogP contribution in [-0.4, -0.2) is 25.1 Å². The van der Waals surface area contributed by atoms with E-state index in [9.17, 15) is 0 Å². The molecule has 1 aromatic heterocycles. The van der Waals surface area contributed by atoms with Gasteiger partial charge < -0.3 is 10.6 Å². The lowest BCUT2D eigenvalue weighted by molar-refractivity contribution is 0.384. The molecule has 0 fully saturated rings. The summed E-state index contributed by atoms with van der Waals surface area (Å²) in [5, 5.41) is 8.81. The quantitative estimate of drug-likeness (QED) is 0.829. The number of nitrogens with two attached hydrogens (primary N) is 1. The lowest BCUT2D eigenvalue weighted by atomic mass is 9.93. The Morgan fingerprint density at radius 3 is 2.81 bits per heavy atom. The van der Waals surface area contributed by atoms with Crippen LogP contribution in [0.25, 0.3) is 0 Å². The summed E-state index contributed by atoms with van der Waals surface area (Å²) in [7, 11) is 1.96. The van der Waals surface area contributed by atoms with E-state index >= 15 is 0 Å².